The van der Waals surface area contributed by atoms with Gasteiger partial charge < -0.3 is 10.4 Å². The lowest BCUT2D eigenvalue weighted by Gasteiger charge is -2.15. The first kappa shape index (κ1) is 16.5. The van der Waals surface area contributed by atoms with Gasteiger partial charge in [0.1, 0.15) is 0 Å². The molecule has 0 spiro atoms. The van der Waals surface area contributed by atoms with E-state index in [9.17, 15) is 20.0 Å². The van der Waals surface area contributed by atoms with E-state index >= 15 is 0 Å². The van der Waals surface area contributed by atoms with Crippen LogP contribution in [0.1, 0.15) is 42.2 Å². The number of nitrogens with one attached hydrogen (secondary N) is 1. The van der Waals surface area contributed by atoms with Crippen molar-refractivity contribution in [1.82, 2.24) is 15.1 Å². The number of hydrogen-bond donors (Lipinski definition) is 2. The zero-order valence-corrected chi connectivity index (χ0v) is 12.9. The quantitative estimate of drug-likeness (QED) is 0.627. The number of aromatic nitrogens is 2. The summed E-state index contributed by atoms with van der Waals surface area (Å²) in [6, 6.07) is 3.30. The van der Waals surface area contributed by atoms with Gasteiger partial charge in [0.2, 0.25) is 0 Å². The highest BCUT2D eigenvalue weighted by atomic mass is 16.6. The van der Waals surface area contributed by atoms with Gasteiger partial charge in [0, 0.05) is 29.9 Å². The first-order valence-corrected chi connectivity index (χ1v) is 7.26. The number of benzene rings is 1. The van der Waals surface area contributed by atoms with E-state index in [0.29, 0.717) is 6.42 Å². The molecule has 1 aromatic carbocycles. The van der Waals surface area contributed by atoms with Gasteiger partial charge in [-0.05, 0) is 25.5 Å². The molecule has 0 fully saturated rings. The minimum Gasteiger partial charge on any atom is -0.502 e. The first-order valence-electron chi connectivity index (χ1n) is 7.26. The minimum absolute atomic E-state index is 0.162. The minimum atomic E-state index is -0.703. The van der Waals surface area contributed by atoms with Crippen molar-refractivity contribution in [3.05, 3.63) is 51.8 Å². The highest BCUT2D eigenvalue weighted by Gasteiger charge is 2.19. The van der Waals surface area contributed by atoms with Crippen LogP contribution in [0.15, 0.2) is 30.6 Å². The summed E-state index contributed by atoms with van der Waals surface area (Å²) in [5.74, 6) is -0.944. The number of carbonyl (C=O) groups excluding carboxylic acids is 1. The molecular formula is C15H18N4O4. The normalized spacial score (nSPS) is 11.9. The van der Waals surface area contributed by atoms with E-state index in [1.165, 1.54) is 6.07 Å². The predicted molar refractivity (Wildman–Crippen MR) is 83.2 cm³/mol. The van der Waals surface area contributed by atoms with Crippen LogP contribution in [-0.4, -0.2) is 25.7 Å². The van der Waals surface area contributed by atoms with Crippen LogP contribution in [0.2, 0.25) is 0 Å². The van der Waals surface area contributed by atoms with Crippen molar-refractivity contribution in [2.45, 2.75) is 32.9 Å². The predicted octanol–water partition coefficient (Wildman–Crippen LogP) is 2.40. The maximum Gasteiger partial charge on any atom is 0.310 e. The molecule has 0 radical (unpaired) electrons. The van der Waals surface area contributed by atoms with Gasteiger partial charge in [-0.15, -0.1) is 0 Å². The Hall–Kier alpha value is -2.90. The Balaban J connectivity index is 2.16. The number of carbonyl (C=O) groups is 1. The van der Waals surface area contributed by atoms with Gasteiger partial charge in [-0.3, -0.25) is 19.6 Å². The fraction of sp³-hybridized carbons (Fsp3) is 0.333. The van der Waals surface area contributed by atoms with Crippen LogP contribution in [0.4, 0.5) is 5.69 Å². The number of phenols is 1. The molecule has 122 valence electrons. The molecule has 1 amide bonds. The molecule has 0 saturated carbocycles. The Bertz CT molecular complexity index is 726. The summed E-state index contributed by atoms with van der Waals surface area (Å²) in [5, 5.41) is 27.3. The van der Waals surface area contributed by atoms with Gasteiger partial charge in [-0.25, -0.2) is 0 Å². The Morgan fingerprint density at radius 2 is 2.22 bits per heavy atom. The molecule has 8 nitrogen and oxygen atoms in total. The second-order valence-corrected chi connectivity index (χ2v) is 5.02. The van der Waals surface area contributed by atoms with Gasteiger partial charge in [-0.1, -0.05) is 6.92 Å². The van der Waals surface area contributed by atoms with Gasteiger partial charge in [-0.2, -0.15) is 5.10 Å². The van der Waals surface area contributed by atoms with Crippen LogP contribution in [-0.2, 0) is 6.54 Å². The van der Waals surface area contributed by atoms with Crippen LogP contribution in [0.25, 0.3) is 0 Å². The van der Waals surface area contributed by atoms with Crippen molar-refractivity contribution >= 4 is 11.6 Å². The van der Waals surface area contributed by atoms with Crippen molar-refractivity contribution in [2.75, 3.05) is 0 Å². The third-order valence-electron chi connectivity index (χ3n) is 3.53. The maximum absolute atomic E-state index is 12.3. The zero-order chi connectivity index (χ0) is 17.0. The van der Waals surface area contributed by atoms with Gasteiger partial charge in [0.05, 0.1) is 17.2 Å². The average Bonchev–Trinajstić information content (AvgIpc) is 3.00. The van der Waals surface area contributed by atoms with E-state index in [4.69, 9.17) is 0 Å². The third kappa shape index (κ3) is 3.65. The lowest BCUT2D eigenvalue weighted by Crippen LogP contribution is -2.27. The number of amides is 1. The summed E-state index contributed by atoms with van der Waals surface area (Å²) in [7, 11) is 0. The average molecular weight is 318 g/mol. The Kier molecular flexibility index (Phi) is 4.95. The Labute approximate surface area is 132 Å². The highest BCUT2D eigenvalue weighted by molar-refractivity contribution is 5.95. The number of phenolic OH excluding ortho intramolecular Hbond substituents is 1. The molecule has 0 aliphatic heterocycles. The topological polar surface area (TPSA) is 110 Å². The van der Waals surface area contributed by atoms with E-state index < -0.39 is 22.3 Å². The van der Waals surface area contributed by atoms with Gasteiger partial charge >= 0.3 is 5.69 Å². The van der Waals surface area contributed by atoms with Crippen molar-refractivity contribution < 1.29 is 14.8 Å². The first-order chi connectivity index (χ1) is 11.0. The molecule has 0 aliphatic rings. The molecule has 0 bridgehead atoms. The molecule has 2 rings (SSSR count). The summed E-state index contributed by atoms with van der Waals surface area (Å²) in [4.78, 5) is 22.3. The van der Waals surface area contributed by atoms with Crippen LogP contribution in [0.3, 0.4) is 0 Å². The van der Waals surface area contributed by atoms with Gasteiger partial charge in [0.15, 0.2) is 5.75 Å². The van der Waals surface area contributed by atoms with Crippen LogP contribution in [0.5, 0.6) is 5.75 Å². The molecule has 2 N–H and O–H groups in total. The maximum atomic E-state index is 12.3. The Morgan fingerprint density at radius 3 is 2.74 bits per heavy atom. The summed E-state index contributed by atoms with van der Waals surface area (Å²) in [5.41, 5.74) is 0.612. The molecule has 0 aliphatic carbocycles. The Morgan fingerprint density at radius 1 is 1.48 bits per heavy atom. The molecule has 1 heterocycles. The monoisotopic (exact) mass is 318 g/mol. The summed E-state index contributed by atoms with van der Waals surface area (Å²) >= 11 is 0. The molecule has 1 atom stereocenters. The van der Waals surface area contributed by atoms with E-state index in [2.05, 4.69) is 10.4 Å². The second-order valence-electron chi connectivity index (χ2n) is 5.02. The third-order valence-corrected chi connectivity index (χ3v) is 3.53. The van der Waals surface area contributed by atoms with E-state index in [0.717, 1.165) is 24.2 Å². The SMILES string of the molecule is CCC(NC(=O)c1ccc([N+](=O)[O-])c(O)c1)c1cnn(CC)c1. The van der Waals surface area contributed by atoms with E-state index in [1.54, 1.807) is 10.9 Å². The smallest absolute Gasteiger partial charge is 0.310 e. The number of nitro groups is 1. The molecular weight excluding hydrogens is 300 g/mol. The fourth-order valence-corrected chi connectivity index (χ4v) is 2.21. The zero-order valence-electron chi connectivity index (χ0n) is 12.9. The molecule has 2 aromatic rings. The van der Waals surface area contributed by atoms with Crippen molar-refractivity contribution in [3.63, 3.8) is 0 Å². The number of nitro benzene ring substituents is 1. The molecule has 1 aromatic heterocycles. The van der Waals surface area contributed by atoms with Crippen molar-refractivity contribution in [3.8, 4) is 5.75 Å². The fourth-order valence-electron chi connectivity index (χ4n) is 2.21. The lowest BCUT2D eigenvalue weighted by atomic mass is 10.1. The van der Waals surface area contributed by atoms with Crippen LogP contribution < -0.4 is 5.32 Å². The van der Waals surface area contributed by atoms with Gasteiger partial charge in [0.25, 0.3) is 5.91 Å². The summed E-state index contributed by atoms with van der Waals surface area (Å²) in [6.45, 7) is 4.64. The molecule has 8 heteroatoms. The van der Waals surface area contributed by atoms with Crippen LogP contribution in [0, 0.1) is 10.1 Å². The molecule has 1 unspecified atom stereocenters. The summed E-state index contributed by atoms with van der Waals surface area (Å²) in [6.07, 6.45) is 4.23. The molecule has 23 heavy (non-hydrogen) atoms. The van der Waals surface area contributed by atoms with Crippen molar-refractivity contribution in [1.29, 1.82) is 0 Å². The summed E-state index contributed by atoms with van der Waals surface area (Å²) < 4.78 is 1.77. The van der Waals surface area contributed by atoms with Crippen LogP contribution >= 0.6 is 0 Å². The number of rotatable bonds is 6. The number of hydrogen-bond acceptors (Lipinski definition) is 5. The lowest BCUT2D eigenvalue weighted by molar-refractivity contribution is -0.385. The highest BCUT2D eigenvalue weighted by Crippen LogP contribution is 2.26. The molecule has 0 saturated heterocycles. The van der Waals surface area contributed by atoms with E-state index in [-0.39, 0.29) is 11.6 Å². The van der Waals surface area contributed by atoms with E-state index in [1.807, 2.05) is 20.0 Å². The second kappa shape index (κ2) is 6.91. The number of aromatic hydroxyl groups is 1. The van der Waals surface area contributed by atoms with Crippen molar-refractivity contribution in [2.24, 2.45) is 0 Å². The largest absolute Gasteiger partial charge is 0.502 e. The number of nitrogens with zero attached hydrogens (tertiary/aromatic N) is 3. The standard InChI is InChI=1S/C15H18N4O4/c1-3-12(11-8-16-18(4-2)9-11)17-15(21)10-5-6-13(19(22)23)14(20)7-10/h5-9,12,20H,3-4H2,1-2H3,(H,17,21). The number of aryl methyl sites for hydroxylation is 1.